The molecule has 0 aromatic heterocycles. The first-order valence-electron chi connectivity index (χ1n) is 13.3. The number of esters is 4. The predicted molar refractivity (Wildman–Crippen MR) is 130 cm³/mol. The monoisotopic (exact) mass is 590 g/mol. The van der Waals surface area contributed by atoms with Crippen LogP contribution in [0, 0.1) is 0 Å². The van der Waals surface area contributed by atoms with Crippen molar-refractivity contribution in [2.45, 2.75) is 128 Å². The van der Waals surface area contributed by atoms with Crippen LogP contribution in [-0.2, 0) is 71.3 Å². The number of fused-ring (bicyclic) bond motifs is 3. The number of rotatable bonds is 8. The lowest BCUT2D eigenvalue weighted by molar-refractivity contribution is -0.320. The summed E-state index contributed by atoms with van der Waals surface area (Å²) in [5, 5.41) is 0. The molecule has 4 aliphatic heterocycles. The topological polar surface area (TPSA) is 170 Å². The lowest BCUT2D eigenvalue weighted by Gasteiger charge is -2.44. The molecule has 4 aliphatic rings. The van der Waals surface area contributed by atoms with Crippen LogP contribution in [0.5, 0.6) is 0 Å². The van der Waals surface area contributed by atoms with E-state index < -0.39 is 96.9 Å². The highest BCUT2D eigenvalue weighted by Crippen LogP contribution is 2.44. The molecular weight excluding hydrogens is 552 g/mol. The maximum atomic E-state index is 12.1. The number of ether oxygens (including phenoxy) is 11. The van der Waals surface area contributed by atoms with Gasteiger partial charge in [0.25, 0.3) is 0 Å². The Morgan fingerprint density at radius 3 is 1.73 bits per heavy atom. The van der Waals surface area contributed by atoms with E-state index in [0.717, 1.165) is 20.8 Å². The first-order valence-corrected chi connectivity index (χ1v) is 13.3. The van der Waals surface area contributed by atoms with Crippen molar-refractivity contribution in [3.63, 3.8) is 0 Å². The van der Waals surface area contributed by atoms with E-state index in [9.17, 15) is 19.2 Å². The van der Waals surface area contributed by atoms with Crippen molar-refractivity contribution in [3.8, 4) is 0 Å². The Morgan fingerprint density at radius 1 is 0.585 bits per heavy atom. The van der Waals surface area contributed by atoms with E-state index in [4.69, 9.17) is 52.1 Å². The van der Waals surface area contributed by atoms with E-state index in [1.807, 2.05) is 0 Å². The molecule has 0 spiro atoms. The van der Waals surface area contributed by atoms with Crippen molar-refractivity contribution in [3.05, 3.63) is 0 Å². The second-order valence-electron chi connectivity index (χ2n) is 11.1. The third-order valence-corrected chi connectivity index (χ3v) is 6.62. The summed E-state index contributed by atoms with van der Waals surface area (Å²) in [7, 11) is 0. The number of carbonyl (C=O) groups is 4. The Bertz CT molecular complexity index is 1010. The van der Waals surface area contributed by atoms with Crippen LogP contribution < -0.4 is 0 Å². The molecule has 15 heteroatoms. The third kappa shape index (κ3) is 7.52. The van der Waals surface area contributed by atoms with Crippen molar-refractivity contribution >= 4 is 23.9 Å². The standard InChI is InChI=1S/C26H38O15/c1-11(27)31-9-15-17(33-12(2)28)19(34-13(3)29)21(35-14(4)30)23(36-15)32-10-16-18-20(39-25(5,6)38-18)22-24(37-16)41-26(7,8)40-22/h15-24H,9-10H2,1-8H3/t15-,16-,17+,18+,19+,20+,21+,22-,23+,24-/m1/s1. The summed E-state index contributed by atoms with van der Waals surface area (Å²) in [4.78, 5) is 47.6. The van der Waals surface area contributed by atoms with E-state index in [1.54, 1.807) is 27.7 Å². The predicted octanol–water partition coefficient (Wildman–Crippen LogP) is 0.483. The molecule has 0 unspecified atom stereocenters. The lowest BCUT2D eigenvalue weighted by atomic mass is 9.97. The quantitative estimate of drug-likeness (QED) is 0.282. The average molecular weight is 591 g/mol. The fourth-order valence-corrected chi connectivity index (χ4v) is 5.34. The summed E-state index contributed by atoms with van der Waals surface area (Å²) in [5.74, 6) is -4.72. The van der Waals surface area contributed by atoms with E-state index >= 15 is 0 Å². The summed E-state index contributed by atoms with van der Waals surface area (Å²) in [6.45, 7) is 11.1. The molecule has 4 rings (SSSR count). The van der Waals surface area contributed by atoms with Crippen LogP contribution in [0.15, 0.2) is 0 Å². The summed E-state index contributed by atoms with van der Waals surface area (Å²) >= 11 is 0. The first kappa shape index (κ1) is 31.5. The van der Waals surface area contributed by atoms with Crippen LogP contribution in [0.3, 0.4) is 0 Å². The molecule has 4 heterocycles. The molecule has 0 radical (unpaired) electrons. The number of hydrogen-bond donors (Lipinski definition) is 0. The highest BCUT2D eigenvalue weighted by atomic mass is 16.9. The van der Waals surface area contributed by atoms with Gasteiger partial charge in [0.1, 0.15) is 37.1 Å². The van der Waals surface area contributed by atoms with Crippen molar-refractivity contribution in [2.75, 3.05) is 13.2 Å². The highest BCUT2D eigenvalue weighted by molar-refractivity contribution is 5.68. The van der Waals surface area contributed by atoms with Gasteiger partial charge in [0, 0.05) is 27.7 Å². The SMILES string of the molecule is CC(=O)OC[C@H]1O[C@H](OC[C@H]2O[C@@H]3OC(C)(C)O[C@@H]3[C@H]3OC(C)(C)O[C@H]32)[C@@H](OC(C)=O)[C@@H](OC(C)=O)[C@H]1OC(C)=O. The van der Waals surface area contributed by atoms with Crippen molar-refractivity contribution in [1.82, 2.24) is 0 Å². The minimum Gasteiger partial charge on any atom is -0.463 e. The van der Waals surface area contributed by atoms with Crippen molar-refractivity contribution in [2.24, 2.45) is 0 Å². The molecule has 0 bridgehead atoms. The van der Waals surface area contributed by atoms with Gasteiger partial charge in [-0.2, -0.15) is 0 Å². The van der Waals surface area contributed by atoms with Gasteiger partial charge in [0.2, 0.25) is 0 Å². The normalized spacial score (nSPS) is 38.7. The summed E-state index contributed by atoms with van der Waals surface area (Å²) < 4.78 is 63.8. The number of carbonyl (C=O) groups excluding carboxylic acids is 4. The molecule has 0 N–H and O–H groups in total. The second-order valence-corrected chi connectivity index (χ2v) is 11.1. The van der Waals surface area contributed by atoms with Gasteiger partial charge in [-0.15, -0.1) is 0 Å². The lowest BCUT2D eigenvalue weighted by Crippen LogP contribution is -2.63. The molecule has 0 aromatic rings. The van der Waals surface area contributed by atoms with Gasteiger partial charge in [-0.25, -0.2) is 0 Å². The maximum absolute atomic E-state index is 12.1. The van der Waals surface area contributed by atoms with E-state index in [-0.39, 0.29) is 13.2 Å². The van der Waals surface area contributed by atoms with Crippen molar-refractivity contribution in [1.29, 1.82) is 0 Å². The van der Waals surface area contributed by atoms with Crippen LogP contribution in [-0.4, -0.2) is 110 Å². The zero-order valence-corrected chi connectivity index (χ0v) is 24.3. The molecule has 0 aliphatic carbocycles. The zero-order valence-electron chi connectivity index (χ0n) is 24.3. The first-order chi connectivity index (χ1) is 19.0. The van der Waals surface area contributed by atoms with Gasteiger partial charge in [0.15, 0.2) is 42.5 Å². The Morgan fingerprint density at radius 2 is 1.12 bits per heavy atom. The van der Waals surface area contributed by atoms with Gasteiger partial charge >= 0.3 is 23.9 Å². The Hall–Kier alpha value is -2.40. The molecule has 15 nitrogen and oxygen atoms in total. The van der Waals surface area contributed by atoms with Crippen LogP contribution in [0.2, 0.25) is 0 Å². The van der Waals surface area contributed by atoms with E-state index in [1.165, 1.54) is 6.92 Å². The van der Waals surface area contributed by atoms with Gasteiger partial charge < -0.3 is 52.1 Å². The minimum absolute atomic E-state index is 0.179. The van der Waals surface area contributed by atoms with Gasteiger partial charge in [-0.3, -0.25) is 19.2 Å². The molecule has 0 saturated carbocycles. The van der Waals surface area contributed by atoms with E-state index in [2.05, 4.69) is 0 Å². The Balaban J connectivity index is 1.59. The fourth-order valence-electron chi connectivity index (χ4n) is 5.34. The molecule has 232 valence electrons. The smallest absolute Gasteiger partial charge is 0.303 e. The van der Waals surface area contributed by atoms with Gasteiger partial charge in [-0.1, -0.05) is 0 Å². The summed E-state index contributed by atoms with van der Waals surface area (Å²) in [6, 6.07) is 0. The maximum Gasteiger partial charge on any atom is 0.303 e. The Labute approximate surface area is 237 Å². The van der Waals surface area contributed by atoms with Gasteiger partial charge in [0.05, 0.1) is 6.61 Å². The van der Waals surface area contributed by atoms with Crippen LogP contribution in [0.25, 0.3) is 0 Å². The molecular formula is C26H38O15. The molecule has 10 atom stereocenters. The molecule has 0 amide bonds. The van der Waals surface area contributed by atoms with Crippen molar-refractivity contribution < 1.29 is 71.3 Å². The molecule has 0 aromatic carbocycles. The third-order valence-electron chi connectivity index (χ3n) is 6.62. The minimum atomic E-state index is -1.37. The van der Waals surface area contributed by atoms with Crippen LogP contribution in [0.4, 0.5) is 0 Å². The number of hydrogen-bond acceptors (Lipinski definition) is 15. The molecule has 4 saturated heterocycles. The fraction of sp³-hybridized carbons (Fsp3) is 0.846. The highest BCUT2D eigenvalue weighted by Gasteiger charge is 2.61. The average Bonchev–Trinajstić information content (AvgIpc) is 3.32. The molecule has 4 fully saturated rings. The summed E-state index contributed by atoms with van der Waals surface area (Å²) in [5.41, 5.74) is 0. The second kappa shape index (κ2) is 12.1. The zero-order chi connectivity index (χ0) is 30.3. The van der Waals surface area contributed by atoms with Crippen LogP contribution in [0.1, 0.15) is 55.4 Å². The van der Waals surface area contributed by atoms with Gasteiger partial charge in [-0.05, 0) is 27.7 Å². The Kier molecular flexibility index (Phi) is 9.28. The summed E-state index contributed by atoms with van der Waals surface area (Å²) in [6.07, 6.45) is -9.82. The van der Waals surface area contributed by atoms with E-state index in [0.29, 0.717) is 0 Å². The molecule has 41 heavy (non-hydrogen) atoms. The van der Waals surface area contributed by atoms with Crippen LogP contribution >= 0.6 is 0 Å². The largest absolute Gasteiger partial charge is 0.463 e.